The highest BCUT2D eigenvalue weighted by molar-refractivity contribution is 9.10. The topological polar surface area (TPSA) is 68.0 Å². The molecule has 0 fully saturated rings. The van der Waals surface area contributed by atoms with Crippen LogP contribution >= 0.6 is 15.9 Å². The number of anilines is 2. The van der Waals surface area contributed by atoms with Crippen molar-refractivity contribution in [2.45, 2.75) is 0 Å². The minimum Gasteiger partial charge on any atom is -0.398 e. The van der Waals surface area contributed by atoms with Gasteiger partial charge in [0.25, 0.3) is 5.91 Å². The van der Waals surface area contributed by atoms with E-state index in [1.807, 2.05) is 0 Å². The van der Waals surface area contributed by atoms with Crippen molar-refractivity contribution in [3.63, 3.8) is 0 Å². The van der Waals surface area contributed by atoms with E-state index < -0.39 is 0 Å². The predicted octanol–water partition coefficient (Wildman–Crippen LogP) is 2.68. The summed E-state index contributed by atoms with van der Waals surface area (Å²) in [6.45, 7) is 0. The molecule has 1 aromatic heterocycles. The molecule has 3 N–H and O–H groups in total. The van der Waals surface area contributed by atoms with Crippen LogP contribution in [-0.2, 0) is 0 Å². The third-order valence-corrected chi connectivity index (χ3v) is 2.60. The molecule has 0 bridgehead atoms. The molecule has 0 radical (unpaired) electrons. The van der Waals surface area contributed by atoms with Crippen molar-refractivity contribution in [3.8, 4) is 0 Å². The van der Waals surface area contributed by atoms with Gasteiger partial charge in [0.15, 0.2) is 0 Å². The van der Waals surface area contributed by atoms with E-state index in [-0.39, 0.29) is 5.91 Å². The van der Waals surface area contributed by atoms with Gasteiger partial charge in [0.1, 0.15) is 0 Å². The van der Waals surface area contributed by atoms with Crippen molar-refractivity contribution in [1.82, 2.24) is 4.98 Å². The fraction of sp³-hybridized carbons (Fsp3) is 0. The standard InChI is InChI=1S/C12H10BrN3O/c13-8-5-9(7-15-6-8)16-12(17)10-3-1-2-4-11(10)14/h1-7H,14H2,(H,16,17). The van der Waals surface area contributed by atoms with E-state index in [4.69, 9.17) is 5.73 Å². The van der Waals surface area contributed by atoms with Gasteiger partial charge in [0.05, 0.1) is 17.4 Å². The Hall–Kier alpha value is -1.88. The number of amides is 1. The average Bonchev–Trinajstić information content (AvgIpc) is 2.29. The van der Waals surface area contributed by atoms with Crippen LogP contribution in [0.2, 0.25) is 0 Å². The fourth-order valence-corrected chi connectivity index (χ4v) is 1.75. The van der Waals surface area contributed by atoms with Crippen LogP contribution in [0.3, 0.4) is 0 Å². The van der Waals surface area contributed by atoms with Crippen molar-refractivity contribution in [1.29, 1.82) is 0 Å². The van der Waals surface area contributed by atoms with E-state index in [2.05, 4.69) is 26.2 Å². The van der Waals surface area contributed by atoms with E-state index in [0.29, 0.717) is 16.9 Å². The number of rotatable bonds is 2. The molecule has 0 unspecified atom stereocenters. The minimum atomic E-state index is -0.247. The predicted molar refractivity (Wildman–Crippen MR) is 70.7 cm³/mol. The second-order valence-corrected chi connectivity index (χ2v) is 4.35. The lowest BCUT2D eigenvalue weighted by molar-refractivity contribution is 0.102. The minimum absolute atomic E-state index is 0.247. The summed E-state index contributed by atoms with van der Waals surface area (Å²) in [5, 5.41) is 2.73. The van der Waals surface area contributed by atoms with Gasteiger partial charge in [0.2, 0.25) is 0 Å². The molecular formula is C12H10BrN3O. The van der Waals surface area contributed by atoms with Gasteiger partial charge >= 0.3 is 0 Å². The highest BCUT2D eigenvalue weighted by Gasteiger charge is 2.09. The first-order valence-electron chi connectivity index (χ1n) is 4.93. The number of hydrogen-bond acceptors (Lipinski definition) is 3. The summed E-state index contributed by atoms with van der Waals surface area (Å²) in [7, 11) is 0. The number of benzene rings is 1. The molecule has 1 heterocycles. The van der Waals surface area contributed by atoms with E-state index in [9.17, 15) is 4.79 Å². The van der Waals surface area contributed by atoms with Gasteiger partial charge in [-0.1, -0.05) is 12.1 Å². The van der Waals surface area contributed by atoms with Gasteiger partial charge in [0, 0.05) is 16.4 Å². The lowest BCUT2D eigenvalue weighted by atomic mass is 10.1. The Bertz CT molecular complexity index is 557. The highest BCUT2D eigenvalue weighted by atomic mass is 79.9. The van der Waals surface area contributed by atoms with Gasteiger partial charge in [-0.2, -0.15) is 0 Å². The molecule has 17 heavy (non-hydrogen) atoms. The van der Waals surface area contributed by atoms with Crippen LogP contribution in [0.1, 0.15) is 10.4 Å². The number of nitrogens with one attached hydrogen (secondary N) is 1. The largest absolute Gasteiger partial charge is 0.398 e. The summed E-state index contributed by atoms with van der Waals surface area (Å²) in [4.78, 5) is 15.9. The van der Waals surface area contributed by atoms with Crippen molar-refractivity contribution in [2.24, 2.45) is 0 Å². The molecule has 5 heteroatoms. The molecule has 1 amide bonds. The molecule has 86 valence electrons. The van der Waals surface area contributed by atoms with Crippen molar-refractivity contribution in [3.05, 3.63) is 52.8 Å². The number of nitrogens with zero attached hydrogens (tertiary/aromatic N) is 1. The Morgan fingerprint density at radius 1 is 1.29 bits per heavy atom. The maximum Gasteiger partial charge on any atom is 0.257 e. The number of pyridine rings is 1. The first-order chi connectivity index (χ1) is 8.16. The number of para-hydroxylation sites is 1. The molecule has 4 nitrogen and oxygen atoms in total. The Morgan fingerprint density at radius 3 is 2.76 bits per heavy atom. The molecule has 0 saturated heterocycles. The van der Waals surface area contributed by atoms with Gasteiger partial charge in [-0.3, -0.25) is 9.78 Å². The molecule has 0 aliphatic rings. The second-order valence-electron chi connectivity index (χ2n) is 3.43. The molecule has 1 aromatic carbocycles. The Labute approximate surface area is 107 Å². The normalized spacial score (nSPS) is 9.94. The summed E-state index contributed by atoms with van der Waals surface area (Å²) in [5.74, 6) is -0.247. The first kappa shape index (κ1) is 11.6. The lowest BCUT2D eigenvalue weighted by Gasteiger charge is -2.07. The van der Waals surface area contributed by atoms with Crippen LogP contribution in [0.5, 0.6) is 0 Å². The zero-order valence-corrected chi connectivity index (χ0v) is 10.4. The maximum absolute atomic E-state index is 11.9. The van der Waals surface area contributed by atoms with Gasteiger partial charge in [-0.25, -0.2) is 0 Å². The first-order valence-corrected chi connectivity index (χ1v) is 5.72. The number of carbonyl (C=O) groups is 1. The summed E-state index contributed by atoms with van der Waals surface area (Å²) in [5.41, 5.74) is 7.24. The van der Waals surface area contributed by atoms with Crippen molar-refractivity contribution < 1.29 is 4.79 Å². The van der Waals surface area contributed by atoms with E-state index in [0.717, 1.165) is 4.47 Å². The Kier molecular flexibility index (Phi) is 3.39. The van der Waals surface area contributed by atoms with Gasteiger partial charge in [-0.05, 0) is 34.1 Å². The smallest absolute Gasteiger partial charge is 0.257 e. The number of aromatic nitrogens is 1. The molecule has 2 rings (SSSR count). The third-order valence-electron chi connectivity index (χ3n) is 2.17. The Morgan fingerprint density at radius 2 is 2.06 bits per heavy atom. The fourth-order valence-electron chi connectivity index (χ4n) is 1.38. The molecule has 0 aliphatic heterocycles. The average molecular weight is 292 g/mol. The summed E-state index contributed by atoms with van der Waals surface area (Å²) >= 11 is 3.28. The molecular weight excluding hydrogens is 282 g/mol. The summed E-state index contributed by atoms with van der Waals surface area (Å²) < 4.78 is 0.802. The van der Waals surface area contributed by atoms with E-state index in [1.165, 1.54) is 0 Å². The quantitative estimate of drug-likeness (QED) is 0.836. The van der Waals surface area contributed by atoms with Crippen LogP contribution in [-0.4, -0.2) is 10.9 Å². The van der Waals surface area contributed by atoms with Crippen LogP contribution in [0.4, 0.5) is 11.4 Å². The number of nitrogen functional groups attached to an aromatic ring is 1. The monoisotopic (exact) mass is 291 g/mol. The molecule has 0 atom stereocenters. The van der Waals surface area contributed by atoms with E-state index in [1.54, 1.807) is 42.7 Å². The molecule has 0 saturated carbocycles. The Balaban J connectivity index is 2.20. The number of carbonyl (C=O) groups excluding carboxylic acids is 1. The van der Waals surface area contributed by atoms with Gasteiger partial charge < -0.3 is 11.1 Å². The van der Waals surface area contributed by atoms with Crippen LogP contribution in [0.15, 0.2) is 47.2 Å². The zero-order valence-electron chi connectivity index (χ0n) is 8.85. The third kappa shape index (κ3) is 2.82. The van der Waals surface area contributed by atoms with E-state index >= 15 is 0 Å². The SMILES string of the molecule is Nc1ccccc1C(=O)Nc1cncc(Br)c1. The molecule has 0 spiro atoms. The maximum atomic E-state index is 11.9. The van der Waals surface area contributed by atoms with Crippen molar-refractivity contribution >= 4 is 33.2 Å². The van der Waals surface area contributed by atoms with Crippen LogP contribution in [0.25, 0.3) is 0 Å². The molecule has 0 aliphatic carbocycles. The number of hydrogen-bond donors (Lipinski definition) is 2. The van der Waals surface area contributed by atoms with Crippen LogP contribution in [0, 0.1) is 0 Å². The second kappa shape index (κ2) is 4.97. The number of nitrogens with two attached hydrogens (primary N) is 1. The van der Waals surface area contributed by atoms with Crippen molar-refractivity contribution in [2.75, 3.05) is 11.1 Å². The molecule has 2 aromatic rings. The highest BCUT2D eigenvalue weighted by Crippen LogP contribution is 2.16. The zero-order chi connectivity index (χ0) is 12.3. The summed E-state index contributed by atoms with van der Waals surface area (Å²) in [6, 6.07) is 8.69. The van der Waals surface area contributed by atoms with Crippen LogP contribution < -0.4 is 11.1 Å². The summed E-state index contributed by atoms with van der Waals surface area (Å²) in [6.07, 6.45) is 3.22. The number of halogens is 1. The van der Waals surface area contributed by atoms with Gasteiger partial charge in [-0.15, -0.1) is 0 Å². The lowest BCUT2D eigenvalue weighted by Crippen LogP contribution is -2.13.